The molecule has 0 spiro atoms. The summed E-state index contributed by atoms with van der Waals surface area (Å²) in [5.74, 6) is 1.29. The van der Waals surface area contributed by atoms with Crippen LogP contribution in [0.4, 0.5) is 0 Å². The van der Waals surface area contributed by atoms with E-state index in [1.165, 1.54) is 6.42 Å². The van der Waals surface area contributed by atoms with Crippen LogP contribution in [0.15, 0.2) is 12.3 Å². The lowest BCUT2D eigenvalue weighted by molar-refractivity contribution is 0.126. The van der Waals surface area contributed by atoms with Crippen LogP contribution < -0.4 is 0 Å². The van der Waals surface area contributed by atoms with E-state index in [-0.39, 0.29) is 0 Å². The molecule has 0 unspecified atom stereocenters. The van der Waals surface area contributed by atoms with Crippen LogP contribution in [0.25, 0.3) is 11.2 Å². The van der Waals surface area contributed by atoms with Crippen molar-refractivity contribution in [3.05, 3.63) is 23.7 Å². The van der Waals surface area contributed by atoms with Gasteiger partial charge in [-0.05, 0) is 31.4 Å². The number of aromatic nitrogens is 3. The highest BCUT2D eigenvalue weighted by Crippen LogP contribution is 2.17. The lowest BCUT2D eigenvalue weighted by Gasteiger charge is -2.07. The van der Waals surface area contributed by atoms with Crippen molar-refractivity contribution in [2.24, 2.45) is 0 Å². The maximum atomic E-state index is 5.98. The SMILES string of the molecule is CCCCOCCCn1c(CCl)nc2cc(C)cnc21. The molecule has 0 aliphatic carbocycles. The number of fused-ring (bicyclic) bond motifs is 1. The van der Waals surface area contributed by atoms with Gasteiger partial charge in [-0.25, -0.2) is 9.97 Å². The molecule has 0 N–H and O–H groups in total. The monoisotopic (exact) mass is 295 g/mol. The average Bonchev–Trinajstić information content (AvgIpc) is 2.79. The summed E-state index contributed by atoms with van der Waals surface area (Å²) in [6.45, 7) is 6.66. The Bertz CT molecular complexity index is 553. The van der Waals surface area contributed by atoms with Crippen LogP contribution in [-0.4, -0.2) is 27.7 Å². The first-order valence-corrected chi connectivity index (χ1v) is 7.75. The summed E-state index contributed by atoms with van der Waals surface area (Å²) in [6.07, 6.45) is 5.12. The number of nitrogens with zero attached hydrogens (tertiary/aromatic N) is 3. The Morgan fingerprint density at radius 3 is 2.85 bits per heavy atom. The maximum absolute atomic E-state index is 5.98. The molecule has 0 saturated carbocycles. The molecule has 0 atom stereocenters. The first-order chi connectivity index (χ1) is 9.76. The summed E-state index contributed by atoms with van der Waals surface area (Å²) in [4.78, 5) is 9.03. The van der Waals surface area contributed by atoms with Crippen molar-refractivity contribution >= 4 is 22.8 Å². The van der Waals surface area contributed by atoms with Gasteiger partial charge in [0.05, 0.1) is 5.88 Å². The Morgan fingerprint density at radius 1 is 1.30 bits per heavy atom. The molecule has 0 aliphatic rings. The molecule has 20 heavy (non-hydrogen) atoms. The number of halogens is 1. The summed E-state index contributed by atoms with van der Waals surface area (Å²) in [6, 6.07) is 2.05. The van der Waals surface area contributed by atoms with Gasteiger partial charge in [0.15, 0.2) is 5.65 Å². The number of hydrogen-bond acceptors (Lipinski definition) is 3. The van der Waals surface area contributed by atoms with Gasteiger partial charge in [-0.1, -0.05) is 13.3 Å². The first kappa shape index (κ1) is 15.3. The lowest BCUT2D eigenvalue weighted by Crippen LogP contribution is -2.07. The van der Waals surface area contributed by atoms with Crippen molar-refractivity contribution in [2.45, 2.75) is 45.5 Å². The second kappa shape index (κ2) is 7.60. The minimum atomic E-state index is 0.409. The van der Waals surface area contributed by atoms with Crippen LogP contribution in [-0.2, 0) is 17.2 Å². The van der Waals surface area contributed by atoms with Gasteiger partial charge in [-0.3, -0.25) is 0 Å². The number of ether oxygens (including phenoxy) is 1. The molecule has 0 saturated heterocycles. The Labute approximate surface area is 125 Å². The normalized spacial score (nSPS) is 11.3. The quantitative estimate of drug-likeness (QED) is 0.551. The maximum Gasteiger partial charge on any atom is 0.160 e. The van der Waals surface area contributed by atoms with E-state index in [1.54, 1.807) is 0 Å². The summed E-state index contributed by atoms with van der Waals surface area (Å²) >= 11 is 5.98. The van der Waals surface area contributed by atoms with Crippen LogP contribution in [0.5, 0.6) is 0 Å². The largest absolute Gasteiger partial charge is 0.381 e. The minimum Gasteiger partial charge on any atom is -0.381 e. The van der Waals surface area contributed by atoms with Crippen LogP contribution in [0.2, 0.25) is 0 Å². The van der Waals surface area contributed by atoms with Gasteiger partial charge in [0.1, 0.15) is 11.3 Å². The third-order valence-electron chi connectivity index (χ3n) is 3.23. The Morgan fingerprint density at radius 2 is 2.10 bits per heavy atom. The number of aryl methyl sites for hydroxylation is 2. The summed E-state index contributed by atoms with van der Waals surface area (Å²) in [5, 5.41) is 0. The van der Waals surface area contributed by atoms with Crippen molar-refractivity contribution in [1.29, 1.82) is 0 Å². The van der Waals surface area contributed by atoms with Crippen LogP contribution in [0.3, 0.4) is 0 Å². The predicted molar refractivity (Wildman–Crippen MR) is 82.2 cm³/mol. The summed E-state index contributed by atoms with van der Waals surface area (Å²) < 4.78 is 7.69. The minimum absolute atomic E-state index is 0.409. The highest BCUT2D eigenvalue weighted by atomic mass is 35.5. The zero-order chi connectivity index (χ0) is 14.4. The smallest absolute Gasteiger partial charge is 0.160 e. The van der Waals surface area contributed by atoms with Crippen molar-refractivity contribution in [2.75, 3.05) is 13.2 Å². The highest BCUT2D eigenvalue weighted by Gasteiger charge is 2.10. The third-order valence-corrected chi connectivity index (χ3v) is 3.47. The number of rotatable bonds is 8. The van der Waals surface area contributed by atoms with E-state index in [2.05, 4.69) is 21.5 Å². The molecule has 110 valence electrons. The highest BCUT2D eigenvalue weighted by molar-refractivity contribution is 6.16. The molecule has 4 nitrogen and oxygen atoms in total. The van der Waals surface area contributed by atoms with Gasteiger partial charge >= 0.3 is 0 Å². The molecule has 2 aromatic rings. The van der Waals surface area contributed by atoms with Gasteiger partial charge < -0.3 is 9.30 Å². The fraction of sp³-hybridized carbons (Fsp3) is 0.600. The molecular formula is C15H22ClN3O. The molecule has 2 aromatic heterocycles. The summed E-state index contributed by atoms with van der Waals surface area (Å²) in [5.41, 5.74) is 2.96. The molecular weight excluding hydrogens is 274 g/mol. The van der Waals surface area contributed by atoms with E-state index in [0.29, 0.717) is 5.88 Å². The Kier molecular flexibility index (Phi) is 5.80. The van der Waals surface area contributed by atoms with E-state index in [4.69, 9.17) is 16.3 Å². The van der Waals surface area contributed by atoms with E-state index < -0.39 is 0 Å². The molecule has 0 bridgehead atoms. The molecule has 0 aliphatic heterocycles. The molecule has 5 heteroatoms. The number of imidazole rings is 1. The van der Waals surface area contributed by atoms with Gasteiger partial charge in [0, 0.05) is 26.0 Å². The van der Waals surface area contributed by atoms with E-state index in [1.807, 2.05) is 19.2 Å². The Hall–Kier alpha value is -1.13. The van der Waals surface area contributed by atoms with Crippen LogP contribution in [0.1, 0.15) is 37.6 Å². The molecule has 0 aromatic carbocycles. The lowest BCUT2D eigenvalue weighted by atomic mass is 10.3. The molecule has 0 radical (unpaired) electrons. The molecule has 2 heterocycles. The second-order valence-electron chi connectivity index (χ2n) is 4.99. The van der Waals surface area contributed by atoms with E-state index in [0.717, 1.165) is 55.2 Å². The summed E-state index contributed by atoms with van der Waals surface area (Å²) in [7, 11) is 0. The number of hydrogen-bond donors (Lipinski definition) is 0. The van der Waals surface area contributed by atoms with Crippen molar-refractivity contribution in [3.8, 4) is 0 Å². The fourth-order valence-corrected chi connectivity index (χ4v) is 2.37. The zero-order valence-electron chi connectivity index (χ0n) is 12.2. The third kappa shape index (κ3) is 3.70. The molecule has 0 amide bonds. The average molecular weight is 296 g/mol. The Balaban J connectivity index is 2.01. The van der Waals surface area contributed by atoms with Crippen LogP contribution >= 0.6 is 11.6 Å². The van der Waals surface area contributed by atoms with Crippen molar-refractivity contribution in [3.63, 3.8) is 0 Å². The number of unbranched alkanes of at least 4 members (excludes halogenated alkanes) is 1. The topological polar surface area (TPSA) is 39.9 Å². The number of alkyl halides is 1. The van der Waals surface area contributed by atoms with Gasteiger partial charge in [-0.2, -0.15) is 0 Å². The number of pyridine rings is 1. The fourth-order valence-electron chi connectivity index (χ4n) is 2.17. The molecule has 2 rings (SSSR count). The zero-order valence-corrected chi connectivity index (χ0v) is 13.0. The standard InChI is InChI=1S/C15H22ClN3O/c1-3-4-7-20-8-5-6-19-14(10-16)18-13-9-12(2)11-17-15(13)19/h9,11H,3-8,10H2,1-2H3. The van der Waals surface area contributed by atoms with Gasteiger partial charge in [-0.15, -0.1) is 11.6 Å². The second-order valence-corrected chi connectivity index (χ2v) is 5.26. The van der Waals surface area contributed by atoms with Gasteiger partial charge in [0.25, 0.3) is 0 Å². The molecule has 0 fully saturated rings. The van der Waals surface area contributed by atoms with Gasteiger partial charge in [0.2, 0.25) is 0 Å². The predicted octanol–water partition coefficient (Wildman–Crippen LogP) is 3.69. The van der Waals surface area contributed by atoms with E-state index in [9.17, 15) is 0 Å². The van der Waals surface area contributed by atoms with E-state index >= 15 is 0 Å². The first-order valence-electron chi connectivity index (χ1n) is 7.21. The van der Waals surface area contributed by atoms with Crippen LogP contribution in [0, 0.1) is 6.92 Å². The van der Waals surface area contributed by atoms with Crippen molar-refractivity contribution < 1.29 is 4.74 Å². The van der Waals surface area contributed by atoms with Crippen molar-refractivity contribution in [1.82, 2.24) is 14.5 Å².